The molecule has 0 bridgehead atoms. The van der Waals surface area contributed by atoms with E-state index in [0.29, 0.717) is 6.42 Å². The van der Waals surface area contributed by atoms with Crippen LogP contribution in [0.3, 0.4) is 0 Å². The lowest BCUT2D eigenvalue weighted by atomic mass is 9.99. The molecule has 74 valence electrons. The number of aliphatic carboxylic acids is 1. The minimum atomic E-state index is -0.771. The molecule has 14 heavy (non-hydrogen) atoms. The van der Waals surface area contributed by atoms with Gasteiger partial charge in [0, 0.05) is 0 Å². The number of carboxylic acids is 1. The molecule has 2 heteroatoms. The molecule has 0 amide bonds. The van der Waals surface area contributed by atoms with Gasteiger partial charge in [-0.05, 0) is 18.9 Å². The van der Waals surface area contributed by atoms with Gasteiger partial charge in [0.1, 0.15) is 0 Å². The maximum Gasteiger partial charge on any atom is 0.310 e. The lowest BCUT2D eigenvalue weighted by Gasteiger charge is -2.06. The molecule has 0 spiro atoms. The molecule has 0 heterocycles. The standard InChI is InChI=1S/C12H14O2/c1-2-6-11(12(13)14)9-10-7-4-3-5-8-10/h2-8,11H,9H2,1H3,(H,13,14)/t11-/m0/s1. The predicted octanol–water partition coefficient (Wildman–Crippen LogP) is 2.51. The van der Waals surface area contributed by atoms with Gasteiger partial charge in [-0.2, -0.15) is 0 Å². The fourth-order valence-corrected chi connectivity index (χ4v) is 1.34. The van der Waals surface area contributed by atoms with Crippen LogP contribution in [0.1, 0.15) is 12.5 Å². The molecule has 1 aromatic carbocycles. The summed E-state index contributed by atoms with van der Waals surface area (Å²) >= 11 is 0. The van der Waals surface area contributed by atoms with Crippen LogP contribution in [0.2, 0.25) is 0 Å². The Morgan fingerprint density at radius 2 is 2.07 bits per heavy atom. The maximum atomic E-state index is 10.8. The minimum Gasteiger partial charge on any atom is -0.481 e. The third-order valence-electron chi connectivity index (χ3n) is 2.04. The van der Waals surface area contributed by atoms with Gasteiger partial charge in [0.2, 0.25) is 0 Å². The SMILES string of the molecule is CC=C[C@@H](Cc1ccccc1)C(=O)O. The largest absolute Gasteiger partial charge is 0.481 e. The first kappa shape index (κ1) is 10.5. The number of carboxylic acid groups (broad SMARTS) is 1. The average Bonchev–Trinajstić information content (AvgIpc) is 2.18. The first-order valence-corrected chi connectivity index (χ1v) is 4.63. The third-order valence-corrected chi connectivity index (χ3v) is 2.04. The van der Waals surface area contributed by atoms with Crippen molar-refractivity contribution in [3.8, 4) is 0 Å². The van der Waals surface area contributed by atoms with E-state index >= 15 is 0 Å². The van der Waals surface area contributed by atoms with E-state index in [9.17, 15) is 4.79 Å². The van der Waals surface area contributed by atoms with Gasteiger partial charge in [-0.15, -0.1) is 0 Å². The van der Waals surface area contributed by atoms with Gasteiger partial charge in [0.15, 0.2) is 0 Å². The summed E-state index contributed by atoms with van der Waals surface area (Å²) in [4.78, 5) is 10.8. The average molecular weight is 190 g/mol. The molecular formula is C12H14O2. The lowest BCUT2D eigenvalue weighted by molar-refractivity contribution is -0.140. The first-order valence-electron chi connectivity index (χ1n) is 4.63. The number of hydrogen-bond acceptors (Lipinski definition) is 1. The second-order valence-corrected chi connectivity index (χ2v) is 3.16. The van der Waals surface area contributed by atoms with Crippen molar-refractivity contribution >= 4 is 5.97 Å². The molecule has 0 aliphatic carbocycles. The summed E-state index contributed by atoms with van der Waals surface area (Å²) in [6.45, 7) is 1.83. The first-order chi connectivity index (χ1) is 6.74. The van der Waals surface area contributed by atoms with E-state index in [1.165, 1.54) is 0 Å². The molecule has 2 nitrogen and oxygen atoms in total. The number of benzene rings is 1. The molecule has 0 fully saturated rings. The number of hydrogen-bond donors (Lipinski definition) is 1. The Balaban J connectivity index is 2.70. The van der Waals surface area contributed by atoms with Crippen molar-refractivity contribution < 1.29 is 9.90 Å². The quantitative estimate of drug-likeness (QED) is 0.741. The van der Waals surface area contributed by atoms with E-state index in [2.05, 4.69) is 0 Å². The van der Waals surface area contributed by atoms with Gasteiger partial charge in [-0.3, -0.25) is 4.79 Å². The zero-order valence-electron chi connectivity index (χ0n) is 8.18. The number of allylic oxidation sites excluding steroid dienone is 1. The van der Waals surface area contributed by atoms with Crippen LogP contribution in [0.4, 0.5) is 0 Å². The molecule has 0 saturated heterocycles. The summed E-state index contributed by atoms with van der Waals surface area (Å²) in [5, 5.41) is 8.91. The van der Waals surface area contributed by atoms with Crippen LogP contribution in [0, 0.1) is 5.92 Å². The zero-order valence-corrected chi connectivity index (χ0v) is 8.18. The van der Waals surface area contributed by atoms with E-state index in [-0.39, 0.29) is 0 Å². The van der Waals surface area contributed by atoms with E-state index in [4.69, 9.17) is 5.11 Å². The molecule has 1 aromatic rings. The number of carbonyl (C=O) groups is 1. The zero-order chi connectivity index (χ0) is 10.4. The van der Waals surface area contributed by atoms with E-state index in [1.807, 2.05) is 37.3 Å². The highest BCUT2D eigenvalue weighted by Crippen LogP contribution is 2.10. The summed E-state index contributed by atoms with van der Waals surface area (Å²) in [5.41, 5.74) is 1.05. The predicted molar refractivity (Wildman–Crippen MR) is 56.1 cm³/mol. The molecule has 0 aromatic heterocycles. The van der Waals surface area contributed by atoms with Crippen molar-refractivity contribution in [1.82, 2.24) is 0 Å². The van der Waals surface area contributed by atoms with Gasteiger partial charge in [-0.25, -0.2) is 0 Å². The Morgan fingerprint density at radius 3 is 2.57 bits per heavy atom. The fourth-order valence-electron chi connectivity index (χ4n) is 1.34. The Labute approximate surface area is 83.9 Å². The van der Waals surface area contributed by atoms with Crippen molar-refractivity contribution in [1.29, 1.82) is 0 Å². The summed E-state index contributed by atoms with van der Waals surface area (Å²) in [7, 11) is 0. The Kier molecular flexibility index (Phi) is 3.92. The van der Waals surface area contributed by atoms with Gasteiger partial charge >= 0.3 is 5.97 Å². The maximum absolute atomic E-state index is 10.8. The summed E-state index contributed by atoms with van der Waals surface area (Å²) < 4.78 is 0. The molecule has 0 saturated carbocycles. The molecular weight excluding hydrogens is 176 g/mol. The van der Waals surface area contributed by atoms with Gasteiger partial charge < -0.3 is 5.11 Å². The van der Waals surface area contributed by atoms with Crippen LogP contribution < -0.4 is 0 Å². The molecule has 1 atom stereocenters. The van der Waals surface area contributed by atoms with Crippen molar-refractivity contribution in [2.75, 3.05) is 0 Å². The van der Waals surface area contributed by atoms with Gasteiger partial charge in [0.25, 0.3) is 0 Å². The van der Waals surface area contributed by atoms with Crippen LogP contribution in [0.5, 0.6) is 0 Å². The van der Waals surface area contributed by atoms with Gasteiger partial charge in [0.05, 0.1) is 5.92 Å². The van der Waals surface area contributed by atoms with Crippen molar-refractivity contribution in [2.24, 2.45) is 5.92 Å². The molecule has 0 aliphatic rings. The molecule has 0 radical (unpaired) electrons. The monoisotopic (exact) mass is 190 g/mol. The van der Waals surface area contributed by atoms with Crippen LogP contribution in [0.15, 0.2) is 42.5 Å². The highest BCUT2D eigenvalue weighted by atomic mass is 16.4. The lowest BCUT2D eigenvalue weighted by Crippen LogP contribution is -2.13. The van der Waals surface area contributed by atoms with Crippen LogP contribution in [-0.2, 0) is 11.2 Å². The summed E-state index contributed by atoms with van der Waals surface area (Å²) in [6, 6.07) is 9.65. The minimum absolute atomic E-state index is 0.414. The van der Waals surface area contributed by atoms with E-state index in [0.717, 1.165) is 5.56 Å². The highest BCUT2D eigenvalue weighted by Gasteiger charge is 2.13. The number of rotatable bonds is 4. The van der Waals surface area contributed by atoms with E-state index < -0.39 is 11.9 Å². The van der Waals surface area contributed by atoms with Crippen molar-refractivity contribution in [3.63, 3.8) is 0 Å². The summed E-state index contributed by atoms with van der Waals surface area (Å²) in [5.74, 6) is -1.19. The Morgan fingerprint density at radius 1 is 1.43 bits per heavy atom. The van der Waals surface area contributed by atoms with Gasteiger partial charge in [-0.1, -0.05) is 42.5 Å². The summed E-state index contributed by atoms with van der Waals surface area (Å²) in [6.07, 6.45) is 4.05. The smallest absolute Gasteiger partial charge is 0.310 e. The molecule has 0 unspecified atom stereocenters. The molecule has 1 rings (SSSR count). The Bertz CT molecular complexity index is 314. The second kappa shape index (κ2) is 5.22. The normalized spacial score (nSPS) is 12.9. The molecule has 0 aliphatic heterocycles. The highest BCUT2D eigenvalue weighted by molar-refractivity contribution is 5.72. The van der Waals surface area contributed by atoms with E-state index in [1.54, 1.807) is 12.2 Å². The topological polar surface area (TPSA) is 37.3 Å². The Hall–Kier alpha value is -1.57. The fraction of sp³-hybridized carbons (Fsp3) is 0.250. The molecule has 1 N–H and O–H groups in total. The second-order valence-electron chi connectivity index (χ2n) is 3.16. The van der Waals surface area contributed by atoms with Crippen molar-refractivity contribution in [2.45, 2.75) is 13.3 Å². The van der Waals surface area contributed by atoms with Crippen LogP contribution in [0.25, 0.3) is 0 Å². The van der Waals surface area contributed by atoms with Crippen molar-refractivity contribution in [3.05, 3.63) is 48.0 Å². The van der Waals surface area contributed by atoms with Crippen LogP contribution >= 0.6 is 0 Å². The third kappa shape index (κ3) is 3.05. The van der Waals surface area contributed by atoms with Crippen LogP contribution in [-0.4, -0.2) is 11.1 Å².